The van der Waals surface area contributed by atoms with Gasteiger partial charge in [0.15, 0.2) is 0 Å². The quantitative estimate of drug-likeness (QED) is 0.460. The molecule has 0 bridgehead atoms. The molecule has 11 heteroatoms. The van der Waals surface area contributed by atoms with Gasteiger partial charge >= 0.3 is 0 Å². The highest BCUT2D eigenvalue weighted by atomic mass is 32.2. The number of hydrogen-bond donors (Lipinski definition) is 1. The largest absolute Gasteiger partial charge is 0.475 e. The number of carbonyl (C=O) groups is 1. The van der Waals surface area contributed by atoms with Gasteiger partial charge in [-0.05, 0) is 45.5 Å². The van der Waals surface area contributed by atoms with Crippen LogP contribution in [0.3, 0.4) is 0 Å². The van der Waals surface area contributed by atoms with Gasteiger partial charge < -0.3 is 14.5 Å². The SMILES string of the molecule is CN(C)CCCOc1ncc(-c2ccc3ncc4c(c3c2)C2(CCC2)C(=O)N4C)nc1NS(C)(=O)=O. The van der Waals surface area contributed by atoms with E-state index in [1.807, 2.05) is 37.2 Å². The number of pyridine rings is 1. The molecule has 1 aromatic carbocycles. The van der Waals surface area contributed by atoms with E-state index in [1.165, 1.54) is 0 Å². The van der Waals surface area contributed by atoms with Crippen molar-refractivity contribution in [3.63, 3.8) is 0 Å². The molecule has 2 aliphatic rings. The van der Waals surface area contributed by atoms with Crippen molar-refractivity contribution in [1.82, 2.24) is 19.9 Å². The number of amides is 1. The normalized spacial score (nSPS) is 16.5. The predicted molar refractivity (Wildman–Crippen MR) is 139 cm³/mol. The Kier molecular flexibility index (Phi) is 6.08. The number of benzene rings is 1. The third-order valence-electron chi connectivity index (χ3n) is 6.91. The lowest BCUT2D eigenvalue weighted by Gasteiger charge is -2.37. The fraction of sp³-hybridized carbons (Fsp3) is 0.440. The summed E-state index contributed by atoms with van der Waals surface area (Å²) < 4.78 is 32.2. The minimum Gasteiger partial charge on any atom is -0.475 e. The Bertz CT molecular complexity index is 1450. The van der Waals surface area contributed by atoms with Gasteiger partial charge in [0, 0.05) is 30.1 Å². The first-order chi connectivity index (χ1) is 17.1. The van der Waals surface area contributed by atoms with Crippen molar-refractivity contribution in [2.75, 3.05) is 50.2 Å². The smallest absolute Gasteiger partial charge is 0.258 e. The van der Waals surface area contributed by atoms with E-state index < -0.39 is 15.4 Å². The van der Waals surface area contributed by atoms with Gasteiger partial charge in [-0.2, -0.15) is 0 Å². The van der Waals surface area contributed by atoms with Crippen LogP contribution in [0.1, 0.15) is 31.2 Å². The maximum Gasteiger partial charge on any atom is 0.258 e. The molecule has 0 atom stereocenters. The molecule has 3 heterocycles. The van der Waals surface area contributed by atoms with E-state index in [9.17, 15) is 13.2 Å². The number of likely N-dealkylation sites (N-methyl/N-ethyl adjacent to an activating group) is 1. The summed E-state index contributed by atoms with van der Waals surface area (Å²) in [5.41, 5.74) is 3.42. The zero-order valence-corrected chi connectivity index (χ0v) is 21.7. The molecule has 3 aromatic rings. The number of fused-ring (bicyclic) bond motifs is 4. The molecule has 190 valence electrons. The molecule has 1 amide bonds. The molecule has 0 unspecified atom stereocenters. The highest BCUT2D eigenvalue weighted by Gasteiger charge is 2.54. The van der Waals surface area contributed by atoms with Crippen LogP contribution >= 0.6 is 0 Å². The zero-order chi connectivity index (χ0) is 25.7. The Labute approximate surface area is 210 Å². The molecule has 10 nitrogen and oxygen atoms in total. The first-order valence-electron chi connectivity index (χ1n) is 11.9. The van der Waals surface area contributed by atoms with Gasteiger partial charge in [-0.3, -0.25) is 14.5 Å². The van der Waals surface area contributed by atoms with Crippen LogP contribution < -0.4 is 14.4 Å². The fourth-order valence-corrected chi connectivity index (χ4v) is 5.53. The van der Waals surface area contributed by atoms with E-state index in [1.54, 1.807) is 24.3 Å². The monoisotopic (exact) mass is 510 g/mol. The molecule has 1 fully saturated rings. The van der Waals surface area contributed by atoms with Crippen LogP contribution in [0.5, 0.6) is 5.88 Å². The summed E-state index contributed by atoms with van der Waals surface area (Å²) in [7, 11) is 2.15. The van der Waals surface area contributed by atoms with Crippen LogP contribution in [0, 0.1) is 0 Å². The summed E-state index contributed by atoms with van der Waals surface area (Å²) in [5, 5.41) is 0.908. The average Bonchev–Trinajstić information content (AvgIpc) is 3.03. The van der Waals surface area contributed by atoms with Gasteiger partial charge in [0.2, 0.25) is 21.7 Å². The van der Waals surface area contributed by atoms with Crippen LogP contribution in [-0.2, 0) is 20.2 Å². The Hall–Kier alpha value is -3.31. The molecule has 1 aliphatic heterocycles. The van der Waals surface area contributed by atoms with Gasteiger partial charge in [0.25, 0.3) is 5.88 Å². The highest BCUT2D eigenvalue weighted by Crippen LogP contribution is 2.55. The van der Waals surface area contributed by atoms with Crippen LogP contribution in [0.15, 0.2) is 30.6 Å². The first kappa shape index (κ1) is 24.4. The van der Waals surface area contributed by atoms with Crippen molar-refractivity contribution in [3.8, 4) is 17.1 Å². The molecule has 1 aliphatic carbocycles. The van der Waals surface area contributed by atoms with Gasteiger partial charge in [-0.15, -0.1) is 0 Å². The van der Waals surface area contributed by atoms with E-state index in [-0.39, 0.29) is 17.6 Å². The molecule has 0 saturated heterocycles. The summed E-state index contributed by atoms with van der Waals surface area (Å²) in [6.45, 7) is 1.21. The lowest BCUT2D eigenvalue weighted by Crippen LogP contribution is -2.43. The van der Waals surface area contributed by atoms with Crippen LogP contribution in [0.4, 0.5) is 11.5 Å². The standard InChI is InChI=1S/C25H30N6O4S/c1-30(2)11-6-12-35-23-22(29-36(4,33)34)28-19(14-27-23)16-7-8-18-17(13-16)21-20(15-26-18)31(3)24(32)25(21)9-5-10-25/h7-8,13-15H,5-6,9-12H2,1-4H3,(H,28,29). The summed E-state index contributed by atoms with van der Waals surface area (Å²) >= 11 is 0. The first-order valence-corrected chi connectivity index (χ1v) is 13.8. The van der Waals surface area contributed by atoms with Crippen molar-refractivity contribution in [1.29, 1.82) is 0 Å². The Balaban J connectivity index is 1.55. The molecular weight excluding hydrogens is 480 g/mol. The minimum atomic E-state index is -3.60. The van der Waals surface area contributed by atoms with Crippen molar-refractivity contribution in [2.24, 2.45) is 0 Å². The highest BCUT2D eigenvalue weighted by molar-refractivity contribution is 7.92. The Morgan fingerprint density at radius 2 is 1.97 bits per heavy atom. The molecule has 2 aromatic heterocycles. The van der Waals surface area contributed by atoms with E-state index >= 15 is 0 Å². The van der Waals surface area contributed by atoms with Crippen LogP contribution in [0.2, 0.25) is 0 Å². The maximum atomic E-state index is 13.1. The van der Waals surface area contributed by atoms with Gasteiger partial charge in [0.1, 0.15) is 0 Å². The van der Waals surface area contributed by atoms with Crippen molar-refractivity contribution >= 4 is 38.3 Å². The fourth-order valence-electron chi connectivity index (χ4n) is 5.04. The second-order valence-electron chi connectivity index (χ2n) is 9.84. The van der Waals surface area contributed by atoms with Crippen molar-refractivity contribution in [2.45, 2.75) is 31.1 Å². The molecule has 5 rings (SSSR count). The second kappa shape index (κ2) is 8.97. The Morgan fingerprint density at radius 3 is 2.64 bits per heavy atom. The van der Waals surface area contributed by atoms with Crippen molar-refractivity contribution in [3.05, 3.63) is 36.2 Å². The third kappa shape index (κ3) is 4.26. The predicted octanol–water partition coefficient (Wildman–Crippen LogP) is 2.79. The van der Waals surface area contributed by atoms with Gasteiger partial charge in [0.05, 0.1) is 47.6 Å². The lowest BCUT2D eigenvalue weighted by molar-refractivity contribution is -0.125. The molecule has 0 radical (unpaired) electrons. The summed E-state index contributed by atoms with van der Waals surface area (Å²) in [6, 6.07) is 5.75. The number of ether oxygens (including phenoxy) is 1. The third-order valence-corrected chi connectivity index (χ3v) is 7.48. The number of anilines is 2. The van der Waals surface area contributed by atoms with Crippen molar-refractivity contribution < 1.29 is 17.9 Å². The lowest BCUT2D eigenvalue weighted by atomic mass is 9.64. The van der Waals surface area contributed by atoms with E-state index in [0.717, 1.165) is 66.2 Å². The number of hydrogen-bond acceptors (Lipinski definition) is 8. The number of aromatic nitrogens is 3. The maximum absolute atomic E-state index is 13.1. The van der Waals surface area contributed by atoms with E-state index in [0.29, 0.717) is 12.3 Å². The van der Waals surface area contributed by atoms with Gasteiger partial charge in [-0.1, -0.05) is 12.5 Å². The van der Waals surface area contributed by atoms with Gasteiger partial charge in [-0.25, -0.2) is 18.4 Å². The van der Waals surface area contributed by atoms with E-state index in [2.05, 4.69) is 19.7 Å². The molecule has 36 heavy (non-hydrogen) atoms. The topological polar surface area (TPSA) is 118 Å². The summed E-state index contributed by atoms with van der Waals surface area (Å²) in [6.07, 6.45) is 7.84. The molecule has 1 saturated carbocycles. The molecule has 1 spiro atoms. The second-order valence-corrected chi connectivity index (χ2v) is 11.6. The number of nitrogens with zero attached hydrogens (tertiary/aromatic N) is 5. The Morgan fingerprint density at radius 1 is 1.19 bits per heavy atom. The zero-order valence-electron chi connectivity index (χ0n) is 20.9. The number of rotatable bonds is 8. The number of sulfonamides is 1. The average molecular weight is 511 g/mol. The van der Waals surface area contributed by atoms with Crippen LogP contribution in [0.25, 0.3) is 22.2 Å². The van der Waals surface area contributed by atoms with Crippen LogP contribution in [-0.4, -0.2) is 74.7 Å². The number of carbonyl (C=O) groups excluding carboxylic acids is 1. The van der Waals surface area contributed by atoms with E-state index in [4.69, 9.17) is 4.74 Å². The molecular formula is C25H30N6O4S. The molecule has 1 N–H and O–H groups in total. The summed E-state index contributed by atoms with van der Waals surface area (Å²) in [5.74, 6) is 0.298. The minimum absolute atomic E-state index is 0.0433. The summed E-state index contributed by atoms with van der Waals surface area (Å²) in [4.78, 5) is 30.4. The number of nitrogens with one attached hydrogen (secondary N) is 1.